The third kappa shape index (κ3) is 2.40. The molecule has 2 fully saturated rings. The van der Waals surface area contributed by atoms with Crippen LogP contribution < -0.4 is 0 Å². The van der Waals surface area contributed by atoms with Gasteiger partial charge in [0.15, 0.2) is 0 Å². The molecule has 1 amide bonds. The molecule has 0 bridgehead atoms. The third-order valence-corrected chi connectivity index (χ3v) is 3.82. The zero-order chi connectivity index (χ0) is 13.3. The van der Waals surface area contributed by atoms with Gasteiger partial charge in [-0.1, -0.05) is 5.16 Å². The van der Waals surface area contributed by atoms with E-state index in [0.717, 1.165) is 32.4 Å². The maximum absolute atomic E-state index is 11.8. The normalized spacial score (nSPS) is 21.8. The molecule has 1 saturated carbocycles. The van der Waals surface area contributed by atoms with Gasteiger partial charge in [0, 0.05) is 25.2 Å². The Morgan fingerprint density at radius 3 is 2.68 bits per heavy atom. The summed E-state index contributed by atoms with van der Waals surface area (Å²) in [5.41, 5.74) is -0.922. The first-order chi connectivity index (χ1) is 9.17. The third-order valence-electron chi connectivity index (χ3n) is 3.82. The largest absolute Gasteiger partial charge is 0.382 e. The van der Waals surface area contributed by atoms with E-state index >= 15 is 0 Å². The minimum Gasteiger partial charge on any atom is -0.382 e. The van der Waals surface area contributed by atoms with Gasteiger partial charge in [-0.15, -0.1) is 0 Å². The van der Waals surface area contributed by atoms with Crippen molar-refractivity contribution in [2.75, 3.05) is 13.1 Å². The van der Waals surface area contributed by atoms with Crippen LogP contribution in [0.3, 0.4) is 0 Å². The molecular formula is C13H17N3O3. The molecule has 1 N–H and O–H groups in total. The summed E-state index contributed by atoms with van der Waals surface area (Å²) < 4.78 is 5.02. The van der Waals surface area contributed by atoms with Crippen molar-refractivity contribution in [3.63, 3.8) is 0 Å². The van der Waals surface area contributed by atoms with Crippen molar-refractivity contribution in [1.82, 2.24) is 15.0 Å². The molecule has 1 aliphatic carbocycles. The van der Waals surface area contributed by atoms with Crippen LogP contribution in [0.5, 0.6) is 0 Å². The van der Waals surface area contributed by atoms with Crippen molar-refractivity contribution in [2.45, 2.75) is 37.7 Å². The summed E-state index contributed by atoms with van der Waals surface area (Å²) in [5, 5.41) is 13.8. The molecule has 1 saturated heterocycles. The molecule has 1 aromatic rings. The summed E-state index contributed by atoms with van der Waals surface area (Å²) in [5.74, 6) is 0.564. The van der Waals surface area contributed by atoms with Gasteiger partial charge in [-0.25, -0.2) is 0 Å². The van der Waals surface area contributed by atoms with Gasteiger partial charge < -0.3 is 14.5 Å². The molecule has 2 aliphatic rings. The Morgan fingerprint density at radius 1 is 1.32 bits per heavy atom. The van der Waals surface area contributed by atoms with Crippen molar-refractivity contribution in [3.8, 4) is 0 Å². The fourth-order valence-corrected chi connectivity index (χ4v) is 2.41. The Labute approximate surface area is 111 Å². The molecule has 19 heavy (non-hydrogen) atoms. The molecule has 0 spiro atoms. The molecule has 0 aromatic carbocycles. The van der Waals surface area contributed by atoms with Gasteiger partial charge >= 0.3 is 0 Å². The number of aromatic nitrogens is 2. The van der Waals surface area contributed by atoms with E-state index in [0.29, 0.717) is 18.7 Å². The number of carbonyl (C=O) groups excluding carboxylic acids is 1. The van der Waals surface area contributed by atoms with E-state index < -0.39 is 5.60 Å². The number of amides is 1. The first-order valence-corrected chi connectivity index (χ1v) is 6.71. The molecule has 102 valence electrons. The molecule has 0 atom stereocenters. The Morgan fingerprint density at radius 2 is 2.05 bits per heavy atom. The average molecular weight is 263 g/mol. The van der Waals surface area contributed by atoms with Gasteiger partial charge in [-0.2, -0.15) is 4.98 Å². The second-order valence-electron chi connectivity index (χ2n) is 5.21. The number of hydrogen-bond donors (Lipinski definition) is 1. The monoisotopic (exact) mass is 263 g/mol. The van der Waals surface area contributed by atoms with Crippen molar-refractivity contribution in [3.05, 3.63) is 17.8 Å². The lowest BCUT2D eigenvalue weighted by Crippen LogP contribution is -2.34. The average Bonchev–Trinajstić information content (AvgIpc) is 3.04. The molecule has 0 unspecified atom stereocenters. The van der Waals surface area contributed by atoms with Crippen LogP contribution in [-0.4, -0.2) is 39.1 Å². The fraction of sp³-hybridized carbons (Fsp3) is 0.615. The summed E-state index contributed by atoms with van der Waals surface area (Å²) in [6.07, 6.45) is 7.41. The number of nitrogens with zero attached hydrogens (tertiary/aromatic N) is 3. The summed E-state index contributed by atoms with van der Waals surface area (Å²) in [6.45, 7) is 1.63. The Bertz CT molecular complexity index is 499. The summed E-state index contributed by atoms with van der Waals surface area (Å²) >= 11 is 0. The first kappa shape index (κ1) is 12.3. The van der Waals surface area contributed by atoms with Crippen LogP contribution in [0.2, 0.25) is 0 Å². The van der Waals surface area contributed by atoms with E-state index in [4.69, 9.17) is 4.52 Å². The number of carbonyl (C=O) groups is 1. The first-order valence-electron chi connectivity index (χ1n) is 6.71. The Kier molecular flexibility index (Phi) is 3.10. The lowest BCUT2D eigenvalue weighted by Gasteiger charge is -2.32. The molecule has 1 aliphatic heterocycles. The summed E-state index contributed by atoms with van der Waals surface area (Å²) in [4.78, 5) is 17.7. The highest BCUT2D eigenvalue weighted by Gasteiger charge is 2.40. The zero-order valence-electron chi connectivity index (χ0n) is 10.7. The SMILES string of the molecule is O=C(/C=C/c1nc(C2(O)CCC2)no1)N1CCCC1. The van der Waals surface area contributed by atoms with Crippen molar-refractivity contribution < 1.29 is 14.4 Å². The highest BCUT2D eigenvalue weighted by atomic mass is 16.5. The van der Waals surface area contributed by atoms with Crippen molar-refractivity contribution in [2.24, 2.45) is 0 Å². The van der Waals surface area contributed by atoms with E-state index in [1.165, 1.54) is 12.2 Å². The van der Waals surface area contributed by atoms with Crippen LogP contribution >= 0.6 is 0 Å². The fourth-order valence-electron chi connectivity index (χ4n) is 2.41. The number of hydrogen-bond acceptors (Lipinski definition) is 5. The van der Waals surface area contributed by atoms with Crippen LogP contribution in [-0.2, 0) is 10.4 Å². The van der Waals surface area contributed by atoms with Gasteiger partial charge in [-0.3, -0.25) is 4.79 Å². The van der Waals surface area contributed by atoms with Gasteiger partial charge in [0.05, 0.1) is 0 Å². The highest BCUT2D eigenvalue weighted by Crippen LogP contribution is 2.39. The Hall–Kier alpha value is -1.69. The minimum atomic E-state index is -0.922. The summed E-state index contributed by atoms with van der Waals surface area (Å²) in [7, 11) is 0. The maximum atomic E-state index is 11.8. The molecule has 6 heteroatoms. The quantitative estimate of drug-likeness (QED) is 0.825. The summed E-state index contributed by atoms with van der Waals surface area (Å²) in [6, 6.07) is 0. The zero-order valence-corrected chi connectivity index (χ0v) is 10.7. The van der Waals surface area contributed by atoms with Gasteiger partial charge in [0.25, 0.3) is 5.89 Å². The van der Waals surface area contributed by atoms with E-state index in [-0.39, 0.29) is 11.8 Å². The van der Waals surface area contributed by atoms with Crippen LogP contribution in [0.4, 0.5) is 0 Å². The maximum Gasteiger partial charge on any atom is 0.250 e. The van der Waals surface area contributed by atoms with Crippen LogP contribution in [0, 0.1) is 0 Å². The number of rotatable bonds is 3. The molecule has 0 radical (unpaired) electrons. The number of likely N-dealkylation sites (tertiary alicyclic amines) is 1. The molecule has 2 heterocycles. The van der Waals surface area contributed by atoms with Crippen molar-refractivity contribution in [1.29, 1.82) is 0 Å². The van der Waals surface area contributed by atoms with Crippen LogP contribution in [0.1, 0.15) is 43.8 Å². The minimum absolute atomic E-state index is 0.0281. The second kappa shape index (κ2) is 4.77. The van der Waals surface area contributed by atoms with E-state index in [1.807, 2.05) is 0 Å². The van der Waals surface area contributed by atoms with E-state index in [2.05, 4.69) is 10.1 Å². The lowest BCUT2D eigenvalue weighted by atomic mass is 9.80. The van der Waals surface area contributed by atoms with E-state index in [9.17, 15) is 9.90 Å². The lowest BCUT2D eigenvalue weighted by molar-refractivity contribution is -0.124. The molecular weight excluding hydrogens is 246 g/mol. The van der Waals surface area contributed by atoms with Crippen LogP contribution in [0.15, 0.2) is 10.6 Å². The molecule has 3 rings (SSSR count). The predicted molar refractivity (Wildman–Crippen MR) is 66.9 cm³/mol. The van der Waals surface area contributed by atoms with Crippen LogP contribution in [0.25, 0.3) is 6.08 Å². The predicted octanol–water partition coefficient (Wildman–Crippen LogP) is 1.08. The van der Waals surface area contributed by atoms with Crippen molar-refractivity contribution >= 4 is 12.0 Å². The smallest absolute Gasteiger partial charge is 0.250 e. The Balaban J connectivity index is 1.64. The molecule has 1 aromatic heterocycles. The highest BCUT2D eigenvalue weighted by molar-refractivity contribution is 5.91. The van der Waals surface area contributed by atoms with E-state index in [1.54, 1.807) is 4.90 Å². The van der Waals surface area contributed by atoms with Gasteiger partial charge in [0.1, 0.15) is 5.60 Å². The second-order valence-corrected chi connectivity index (χ2v) is 5.21. The van der Waals surface area contributed by atoms with Gasteiger partial charge in [-0.05, 0) is 32.1 Å². The number of aliphatic hydroxyl groups is 1. The molecule has 6 nitrogen and oxygen atoms in total. The standard InChI is InChI=1S/C13H17N3O3/c17-11(16-8-1-2-9-16)5-4-10-14-12(15-19-10)13(18)6-3-7-13/h4-5,18H,1-3,6-9H2/b5-4+. The van der Waals surface area contributed by atoms with Gasteiger partial charge in [0.2, 0.25) is 11.7 Å². The topological polar surface area (TPSA) is 79.5 Å².